The zero-order valence-corrected chi connectivity index (χ0v) is 12.3. The SMILES string of the molecule is O=C(Nc1cc2cc(Cl)nc(Cl)c2cn1)C1CC1C(F)(F)F. The molecule has 2 unspecified atom stereocenters. The van der Waals surface area contributed by atoms with Crippen LogP contribution in [-0.4, -0.2) is 22.1 Å². The number of carbonyl (C=O) groups is 1. The van der Waals surface area contributed by atoms with Crippen molar-refractivity contribution < 1.29 is 18.0 Å². The van der Waals surface area contributed by atoms with E-state index < -0.39 is 23.9 Å². The predicted octanol–water partition coefficient (Wildman–Crippen LogP) is 4.07. The quantitative estimate of drug-likeness (QED) is 0.831. The maximum Gasteiger partial charge on any atom is 0.392 e. The van der Waals surface area contributed by atoms with Crippen LogP contribution in [-0.2, 0) is 4.79 Å². The van der Waals surface area contributed by atoms with Crippen LogP contribution in [0.3, 0.4) is 0 Å². The Morgan fingerprint density at radius 3 is 2.68 bits per heavy atom. The Bertz CT molecular complexity index is 766. The van der Waals surface area contributed by atoms with E-state index in [1.54, 1.807) is 0 Å². The summed E-state index contributed by atoms with van der Waals surface area (Å²) in [6, 6.07) is 3.01. The minimum absolute atomic E-state index is 0.142. The van der Waals surface area contributed by atoms with Crippen molar-refractivity contribution in [1.82, 2.24) is 9.97 Å². The van der Waals surface area contributed by atoms with Gasteiger partial charge in [0.1, 0.15) is 16.1 Å². The zero-order valence-electron chi connectivity index (χ0n) is 10.8. The van der Waals surface area contributed by atoms with Crippen molar-refractivity contribution in [1.29, 1.82) is 0 Å². The molecule has 1 aliphatic carbocycles. The number of hydrogen-bond donors (Lipinski definition) is 1. The summed E-state index contributed by atoms with van der Waals surface area (Å²) < 4.78 is 37.4. The van der Waals surface area contributed by atoms with Crippen molar-refractivity contribution in [3.05, 3.63) is 28.6 Å². The zero-order chi connectivity index (χ0) is 16.1. The fraction of sp³-hybridized carbons (Fsp3) is 0.308. The monoisotopic (exact) mass is 349 g/mol. The normalized spacial score (nSPS) is 21.0. The van der Waals surface area contributed by atoms with Gasteiger partial charge in [-0.25, -0.2) is 9.97 Å². The maximum atomic E-state index is 12.5. The number of halogens is 5. The van der Waals surface area contributed by atoms with Gasteiger partial charge < -0.3 is 5.32 Å². The number of anilines is 1. The number of alkyl halides is 3. The molecule has 1 aliphatic rings. The molecule has 1 N–H and O–H groups in total. The average molecular weight is 350 g/mol. The third kappa shape index (κ3) is 2.96. The van der Waals surface area contributed by atoms with Crippen LogP contribution >= 0.6 is 23.2 Å². The van der Waals surface area contributed by atoms with Crippen LogP contribution < -0.4 is 5.32 Å². The molecule has 2 aromatic rings. The standard InChI is InChI=1S/C13H8Cl2F3N3O/c14-9-1-5-2-10(19-4-7(5)11(15)20-9)21-12(22)6-3-8(6)13(16,17)18/h1-2,4,6,8H,3H2,(H,19,21,22). The lowest BCUT2D eigenvalue weighted by molar-refractivity contribution is -0.153. The molecule has 2 atom stereocenters. The first-order chi connectivity index (χ1) is 10.3. The molecule has 9 heteroatoms. The highest BCUT2D eigenvalue weighted by molar-refractivity contribution is 6.36. The summed E-state index contributed by atoms with van der Waals surface area (Å²) in [5.74, 6) is -3.17. The first-order valence-corrected chi connectivity index (χ1v) is 7.00. The maximum absolute atomic E-state index is 12.5. The van der Waals surface area contributed by atoms with E-state index in [1.165, 1.54) is 18.3 Å². The smallest absolute Gasteiger partial charge is 0.310 e. The van der Waals surface area contributed by atoms with E-state index in [9.17, 15) is 18.0 Å². The van der Waals surface area contributed by atoms with Gasteiger partial charge in [-0.05, 0) is 23.9 Å². The summed E-state index contributed by atoms with van der Waals surface area (Å²) in [5, 5.41) is 3.82. The molecule has 1 amide bonds. The molecule has 1 saturated carbocycles. The largest absolute Gasteiger partial charge is 0.392 e. The van der Waals surface area contributed by atoms with Crippen LogP contribution in [0.1, 0.15) is 6.42 Å². The highest BCUT2D eigenvalue weighted by Crippen LogP contribution is 2.50. The van der Waals surface area contributed by atoms with Crippen molar-refractivity contribution in [2.24, 2.45) is 11.8 Å². The molecular formula is C13H8Cl2F3N3O. The van der Waals surface area contributed by atoms with Gasteiger partial charge in [0.05, 0.1) is 11.8 Å². The van der Waals surface area contributed by atoms with E-state index in [2.05, 4.69) is 15.3 Å². The summed E-state index contributed by atoms with van der Waals surface area (Å²) in [4.78, 5) is 19.6. The first-order valence-electron chi connectivity index (χ1n) is 6.25. The summed E-state index contributed by atoms with van der Waals surface area (Å²) in [6.07, 6.45) is -3.15. The molecule has 0 aliphatic heterocycles. The summed E-state index contributed by atoms with van der Waals surface area (Å²) in [7, 11) is 0. The van der Waals surface area contributed by atoms with Crippen LogP contribution in [0.15, 0.2) is 18.3 Å². The first kappa shape index (κ1) is 15.3. The van der Waals surface area contributed by atoms with Gasteiger partial charge in [-0.3, -0.25) is 4.79 Å². The number of pyridine rings is 2. The van der Waals surface area contributed by atoms with Crippen molar-refractivity contribution in [2.75, 3.05) is 5.32 Å². The van der Waals surface area contributed by atoms with Gasteiger partial charge in [0, 0.05) is 11.6 Å². The van der Waals surface area contributed by atoms with Crippen LogP contribution in [0.2, 0.25) is 10.3 Å². The fourth-order valence-corrected chi connectivity index (χ4v) is 2.71. The third-order valence-electron chi connectivity index (χ3n) is 3.44. The summed E-state index contributed by atoms with van der Waals surface area (Å²) in [6.45, 7) is 0. The minimum atomic E-state index is -4.34. The van der Waals surface area contributed by atoms with Gasteiger partial charge in [0.25, 0.3) is 0 Å². The van der Waals surface area contributed by atoms with E-state index in [4.69, 9.17) is 23.2 Å². The Kier molecular flexibility index (Phi) is 3.65. The van der Waals surface area contributed by atoms with Crippen molar-refractivity contribution in [3.8, 4) is 0 Å². The molecule has 22 heavy (non-hydrogen) atoms. The van der Waals surface area contributed by atoms with Crippen LogP contribution in [0.5, 0.6) is 0 Å². The van der Waals surface area contributed by atoms with Crippen LogP contribution in [0, 0.1) is 11.8 Å². The van der Waals surface area contributed by atoms with E-state index in [1.807, 2.05) is 0 Å². The number of nitrogens with zero attached hydrogens (tertiary/aromatic N) is 2. The number of fused-ring (bicyclic) bond motifs is 1. The lowest BCUT2D eigenvalue weighted by atomic mass is 10.2. The fourth-order valence-electron chi connectivity index (χ4n) is 2.21. The van der Waals surface area contributed by atoms with Gasteiger partial charge in [0.2, 0.25) is 5.91 Å². The van der Waals surface area contributed by atoms with E-state index >= 15 is 0 Å². The second-order valence-electron chi connectivity index (χ2n) is 5.01. The molecule has 0 spiro atoms. The highest BCUT2D eigenvalue weighted by Gasteiger charge is 2.58. The molecule has 0 radical (unpaired) electrons. The van der Waals surface area contributed by atoms with Gasteiger partial charge >= 0.3 is 6.18 Å². The van der Waals surface area contributed by atoms with Crippen LogP contribution in [0.4, 0.5) is 19.0 Å². The van der Waals surface area contributed by atoms with E-state index in [0.717, 1.165) is 0 Å². The highest BCUT2D eigenvalue weighted by atomic mass is 35.5. The lowest BCUT2D eigenvalue weighted by Gasteiger charge is -2.07. The molecule has 2 aromatic heterocycles. The average Bonchev–Trinajstić information content (AvgIpc) is 3.17. The lowest BCUT2D eigenvalue weighted by Crippen LogP contribution is -2.20. The van der Waals surface area contributed by atoms with Gasteiger partial charge in [-0.2, -0.15) is 13.2 Å². The molecule has 0 saturated heterocycles. The summed E-state index contributed by atoms with van der Waals surface area (Å²) in [5.41, 5.74) is 0. The molecule has 0 bridgehead atoms. The second-order valence-corrected chi connectivity index (χ2v) is 5.75. The van der Waals surface area contributed by atoms with Crippen molar-refractivity contribution in [2.45, 2.75) is 12.6 Å². The summed E-state index contributed by atoms with van der Waals surface area (Å²) >= 11 is 11.7. The van der Waals surface area contributed by atoms with Gasteiger partial charge in [-0.1, -0.05) is 23.2 Å². The number of carbonyl (C=O) groups excluding carboxylic acids is 1. The Hall–Kier alpha value is -1.60. The number of aromatic nitrogens is 2. The predicted molar refractivity (Wildman–Crippen MR) is 75.8 cm³/mol. The van der Waals surface area contributed by atoms with Crippen LogP contribution in [0.25, 0.3) is 10.8 Å². The van der Waals surface area contributed by atoms with E-state index in [0.29, 0.717) is 10.8 Å². The van der Waals surface area contributed by atoms with Gasteiger partial charge in [-0.15, -0.1) is 0 Å². The molecule has 116 valence electrons. The molecule has 2 heterocycles. The Balaban J connectivity index is 1.79. The number of rotatable bonds is 2. The van der Waals surface area contributed by atoms with Crippen molar-refractivity contribution >= 4 is 45.7 Å². The number of amides is 1. The molecule has 0 aromatic carbocycles. The third-order valence-corrected chi connectivity index (χ3v) is 3.92. The van der Waals surface area contributed by atoms with E-state index in [-0.39, 0.29) is 22.5 Å². The topological polar surface area (TPSA) is 54.9 Å². The molecule has 3 rings (SSSR count). The Labute approximate surface area is 132 Å². The number of nitrogens with one attached hydrogen (secondary N) is 1. The van der Waals surface area contributed by atoms with Crippen molar-refractivity contribution in [3.63, 3.8) is 0 Å². The molecule has 4 nitrogen and oxygen atoms in total. The Morgan fingerprint density at radius 2 is 2.05 bits per heavy atom. The minimum Gasteiger partial charge on any atom is -0.310 e. The van der Waals surface area contributed by atoms with Gasteiger partial charge in [0.15, 0.2) is 0 Å². The molecule has 1 fully saturated rings. The number of hydrogen-bond acceptors (Lipinski definition) is 3. The molecular weight excluding hydrogens is 342 g/mol. The Morgan fingerprint density at radius 1 is 1.32 bits per heavy atom. The second kappa shape index (κ2) is 5.24.